The Morgan fingerprint density at radius 2 is 2.04 bits per heavy atom. The van der Waals surface area contributed by atoms with Gasteiger partial charge in [-0.1, -0.05) is 28.1 Å². The van der Waals surface area contributed by atoms with E-state index < -0.39 is 0 Å². The van der Waals surface area contributed by atoms with Gasteiger partial charge in [0.05, 0.1) is 5.69 Å². The number of rotatable bonds is 3. The van der Waals surface area contributed by atoms with Gasteiger partial charge in [-0.3, -0.25) is 4.79 Å². The van der Waals surface area contributed by atoms with Gasteiger partial charge in [0.1, 0.15) is 0 Å². The Balaban J connectivity index is 0.00000192. The van der Waals surface area contributed by atoms with E-state index in [1.807, 2.05) is 31.2 Å². The highest BCUT2D eigenvalue weighted by Gasteiger charge is 2.28. The summed E-state index contributed by atoms with van der Waals surface area (Å²) in [5.41, 5.74) is 7.86. The van der Waals surface area contributed by atoms with Gasteiger partial charge < -0.3 is 11.1 Å². The van der Waals surface area contributed by atoms with Gasteiger partial charge in [0.2, 0.25) is 5.91 Å². The molecule has 1 heterocycles. The van der Waals surface area contributed by atoms with E-state index in [2.05, 4.69) is 26.2 Å². The minimum absolute atomic E-state index is 0. The van der Waals surface area contributed by atoms with Crippen LogP contribution in [0.4, 0.5) is 5.13 Å². The lowest BCUT2D eigenvalue weighted by Gasteiger charge is -2.08. The van der Waals surface area contributed by atoms with Crippen molar-refractivity contribution in [3.8, 4) is 11.3 Å². The summed E-state index contributed by atoms with van der Waals surface area (Å²) < 4.78 is 1.04. The Hall–Kier alpha value is -0.950. The van der Waals surface area contributed by atoms with Crippen LogP contribution in [0.1, 0.15) is 24.1 Å². The van der Waals surface area contributed by atoms with Crippen LogP contribution in [0.15, 0.2) is 28.7 Å². The van der Waals surface area contributed by atoms with Crippen LogP contribution in [0.25, 0.3) is 11.3 Å². The predicted molar refractivity (Wildman–Crippen MR) is 101 cm³/mol. The van der Waals surface area contributed by atoms with Crippen molar-refractivity contribution >= 4 is 50.7 Å². The van der Waals surface area contributed by atoms with E-state index in [-0.39, 0.29) is 30.3 Å². The van der Waals surface area contributed by atoms with E-state index in [4.69, 9.17) is 5.73 Å². The number of halogens is 2. The number of aromatic nitrogens is 1. The van der Waals surface area contributed by atoms with Gasteiger partial charge in [-0.25, -0.2) is 4.98 Å². The summed E-state index contributed by atoms with van der Waals surface area (Å²) >= 11 is 4.95. The lowest BCUT2D eigenvalue weighted by molar-refractivity contribution is -0.119. The number of hydrogen-bond acceptors (Lipinski definition) is 4. The summed E-state index contributed by atoms with van der Waals surface area (Å²) in [7, 11) is 0. The first-order valence-electron chi connectivity index (χ1n) is 7.32. The normalized spacial score (nSPS) is 20.1. The number of nitrogens with zero attached hydrogens (tertiary/aromatic N) is 1. The van der Waals surface area contributed by atoms with Crippen molar-refractivity contribution in [3.63, 3.8) is 0 Å². The van der Waals surface area contributed by atoms with Gasteiger partial charge in [-0.05, 0) is 38.3 Å². The Morgan fingerprint density at radius 1 is 1.35 bits per heavy atom. The number of carbonyl (C=O) groups excluding carboxylic acids is 1. The van der Waals surface area contributed by atoms with E-state index in [0.717, 1.165) is 39.9 Å². The molecule has 0 aliphatic heterocycles. The van der Waals surface area contributed by atoms with Crippen LogP contribution in [-0.2, 0) is 4.79 Å². The maximum Gasteiger partial charge on any atom is 0.229 e. The van der Waals surface area contributed by atoms with Crippen molar-refractivity contribution in [2.45, 2.75) is 32.2 Å². The van der Waals surface area contributed by atoms with Crippen LogP contribution in [0, 0.1) is 12.8 Å². The lowest BCUT2D eigenvalue weighted by Crippen LogP contribution is -2.23. The van der Waals surface area contributed by atoms with E-state index in [1.54, 1.807) is 0 Å². The molecule has 1 amide bonds. The second kappa shape index (κ2) is 7.75. The van der Waals surface area contributed by atoms with Gasteiger partial charge in [-0.2, -0.15) is 0 Å². The molecule has 1 saturated carbocycles. The molecule has 1 aromatic heterocycles. The lowest BCUT2D eigenvalue weighted by atomic mass is 10.1. The highest BCUT2D eigenvalue weighted by molar-refractivity contribution is 9.10. The zero-order chi connectivity index (χ0) is 15.7. The number of carbonyl (C=O) groups is 1. The fourth-order valence-electron chi connectivity index (χ4n) is 2.79. The Kier molecular flexibility index (Phi) is 6.19. The van der Waals surface area contributed by atoms with Crippen LogP contribution in [0.5, 0.6) is 0 Å². The summed E-state index contributed by atoms with van der Waals surface area (Å²) in [6, 6.07) is 8.19. The number of amides is 1. The first-order valence-corrected chi connectivity index (χ1v) is 8.93. The third-order valence-electron chi connectivity index (χ3n) is 3.99. The minimum atomic E-state index is 0. The third-order valence-corrected chi connectivity index (χ3v) is 5.40. The quantitative estimate of drug-likeness (QED) is 0.780. The highest BCUT2D eigenvalue weighted by Crippen LogP contribution is 2.32. The fraction of sp³-hybridized carbons (Fsp3) is 0.375. The average molecular weight is 417 g/mol. The van der Waals surface area contributed by atoms with Gasteiger partial charge in [0.15, 0.2) is 5.13 Å². The Labute approximate surface area is 154 Å². The molecular formula is C16H19BrClN3OS. The van der Waals surface area contributed by atoms with Crippen molar-refractivity contribution in [1.82, 2.24) is 4.98 Å². The smallest absolute Gasteiger partial charge is 0.229 e. The molecule has 1 aromatic carbocycles. The van der Waals surface area contributed by atoms with Crippen LogP contribution >= 0.6 is 39.7 Å². The predicted octanol–water partition coefficient (Wildman–Crippen LogP) is 4.37. The van der Waals surface area contributed by atoms with Gasteiger partial charge in [0, 0.05) is 26.9 Å². The maximum atomic E-state index is 12.3. The summed E-state index contributed by atoms with van der Waals surface area (Å²) in [5.74, 6) is 0.0689. The van der Waals surface area contributed by atoms with E-state index in [1.165, 1.54) is 11.3 Å². The summed E-state index contributed by atoms with van der Waals surface area (Å²) in [6.07, 6.45) is 2.58. The molecule has 3 N–H and O–H groups in total. The van der Waals surface area contributed by atoms with Crippen molar-refractivity contribution in [2.24, 2.45) is 11.7 Å². The van der Waals surface area contributed by atoms with Gasteiger partial charge in [0.25, 0.3) is 0 Å². The molecule has 23 heavy (non-hydrogen) atoms. The Morgan fingerprint density at radius 3 is 2.65 bits per heavy atom. The van der Waals surface area contributed by atoms with Crippen LogP contribution in [0.2, 0.25) is 0 Å². The largest absolute Gasteiger partial charge is 0.328 e. The van der Waals surface area contributed by atoms with Crippen LogP contribution < -0.4 is 11.1 Å². The van der Waals surface area contributed by atoms with Crippen molar-refractivity contribution in [1.29, 1.82) is 0 Å². The molecule has 1 aliphatic rings. The Bertz CT molecular complexity index is 689. The second-order valence-electron chi connectivity index (χ2n) is 5.69. The van der Waals surface area contributed by atoms with E-state index in [9.17, 15) is 4.79 Å². The summed E-state index contributed by atoms with van der Waals surface area (Å²) in [4.78, 5) is 17.9. The third kappa shape index (κ3) is 4.32. The highest BCUT2D eigenvalue weighted by atomic mass is 79.9. The summed E-state index contributed by atoms with van der Waals surface area (Å²) in [6.45, 7) is 2.02. The zero-order valence-corrected chi connectivity index (χ0v) is 15.9. The molecule has 1 aliphatic carbocycles. The van der Waals surface area contributed by atoms with Gasteiger partial charge in [-0.15, -0.1) is 23.7 Å². The average Bonchev–Trinajstić information content (AvgIpc) is 3.06. The number of thiazole rings is 1. The maximum absolute atomic E-state index is 12.3. The zero-order valence-electron chi connectivity index (χ0n) is 12.7. The van der Waals surface area contributed by atoms with Crippen molar-refractivity contribution in [2.75, 3.05) is 5.32 Å². The monoisotopic (exact) mass is 415 g/mol. The van der Waals surface area contributed by atoms with E-state index in [0.29, 0.717) is 5.13 Å². The molecule has 0 saturated heterocycles. The minimum Gasteiger partial charge on any atom is -0.328 e. The molecule has 0 radical (unpaired) electrons. The first-order chi connectivity index (χ1) is 10.5. The topological polar surface area (TPSA) is 68.0 Å². The van der Waals surface area contributed by atoms with Crippen LogP contribution in [-0.4, -0.2) is 16.9 Å². The first kappa shape index (κ1) is 18.4. The second-order valence-corrected chi connectivity index (χ2v) is 7.81. The molecule has 4 nitrogen and oxygen atoms in total. The molecule has 3 rings (SSSR count). The molecule has 1 fully saturated rings. The number of anilines is 1. The molecule has 0 bridgehead atoms. The fourth-order valence-corrected chi connectivity index (χ4v) is 3.89. The molecule has 124 valence electrons. The molecule has 2 unspecified atom stereocenters. The molecule has 0 spiro atoms. The number of nitrogens with two attached hydrogens (primary N) is 1. The van der Waals surface area contributed by atoms with Crippen molar-refractivity contribution in [3.05, 3.63) is 33.6 Å². The number of nitrogens with one attached hydrogen (secondary N) is 1. The standard InChI is InChI=1S/C16H18BrN3OS.ClH/c1-9-14(10-2-5-12(17)6-3-10)19-16(22-9)20-15(21)11-4-7-13(18)8-11;/h2-3,5-6,11,13H,4,7-8,18H2,1H3,(H,19,20,21);1H. The number of benzene rings is 1. The number of aryl methyl sites for hydroxylation is 1. The van der Waals surface area contributed by atoms with E-state index >= 15 is 0 Å². The van der Waals surface area contributed by atoms with Crippen molar-refractivity contribution < 1.29 is 4.79 Å². The number of hydrogen-bond donors (Lipinski definition) is 2. The summed E-state index contributed by atoms with van der Waals surface area (Å²) in [5, 5.41) is 3.62. The van der Waals surface area contributed by atoms with Crippen LogP contribution in [0.3, 0.4) is 0 Å². The molecule has 2 atom stereocenters. The molecule has 7 heteroatoms. The van der Waals surface area contributed by atoms with Gasteiger partial charge >= 0.3 is 0 Å². The molecular weight excluding hydrogens is 398 g/mol. The molecule has 2 aromatic rings. The SMILES string of the molecule is Cc1sc(NC(=O)C2CCC(N)C2)nc1-c1ccc(Br)cc1.Cl.